The van der Waals surface area contributed by atoms with E-state index in [4.69, 9.17) is 14.2 Å². The lowest BCUT2D eigenvalue weighted by Gasteiger charge is -2.12. The minimum absolute atomic E-state index is 0.0765. The van der Waals surface area contributed by atoms with Crippen LogP contribution in [0.3, 0.4) is 0 Å². The molecule has 0 atom stereocenters. The predicted octanol–water partition coefficient (Wildman–Crippen LogP) is 3.41. The second-order valence-corrected chi connectivity index (χ2v) is 6.79. The summed E-state index contributed by atoms with van der Waals surface area (Å²) in [4.78, 5) is 34.4. The number of nitro groups is 1. The molecule has 0 fully saturated rings. The molecule has 0 saturated heterocycles. The van der Waals surface area contributed by atoms with Gasteiger partial charge in [-0.1, -0.05) is 15.9 Å². The molecule has 2 aromatic rings. The number of hydrogen-bond donors (Lipinski definition) is 1. The predicted molar refractivity (Wildman–Crippen MR) is 108 cm³/mol. The van der Waals surface area contributed by atoms with E-state index in [1.54, 1.807) is 19.1 Å². The van der Waals surface area contributed by atoms with Crippen LogP contribution in [0, 0.1) is 17.0 Å². The summed E-state index contributed by atoms with van der Waals surface area (Å²) in [7, 11) is 2.99. The highest BCUT2D eigenvalue weighted by atomic mass is 79.9. The number of hydrogen-bond acceptors (Lipinski definition) is 7. The van der Waals surface area contributed by atoms with E-state index in [0.29, 0.717) is 32.8 Å². The number of nitrogens with zero attached hydrogens (tertiary/aromatic N) is 1. The van der Waals surface area contributed by atoms with Gasteiger partial charge in [0, 0.05) is 22.3 Å². The Morgan fingerprint density at radius 3 is 2.38 bits per heavy atom. The fourth-order valence-electron chi connectivity index (χ4n) is 2.47. The molecule has 0 aliphatic rings. The van der Waals surface area contributed by atoms with E-state index < -0.39 is 23.4 Å². The van der Waals surface area contributed by atoms with Crippen molar-refractivity contribution in [3.05, 3.63) is 56.0 Å². The quantitative estimate of drug-likeness (QED) is 0.359. The summed E-state index contributed by atoms with van der Waals surface area (Å²) in [6, 6.07) is 7.36. The Kier molecular flexibility index (Phi) is 7.54. The number of non-ortho nitro benzene ring substituents is 1. The topological polar surface area (TPSA) is 117 Å². The van der Waals surface area contributed by atoms with Crippen LogP contribution < -0.4 is 14.8 Å². The van der Waals surface area contributed by atoms with Gasteiger partial charge in [-0.15, -0.1) is 0 Å². The zero-order valence-electron chi connectivity index (χ0n) is 16.0. The monoisotopic (exact) mass is 466 g/mol. The number of benzene rings is 2. The molecular formula is C19H19BrN2O7. The number of anilines is 1. The van der Waals surface area contributed by atoms with Gasteiger partial charge in [-0.3, -0.25) is 19.7 Å². The van der Waals surface area contributed by atoms with E-state index in [2.05, 4.69) is 21.2 Å². The molecule has 0 bridgehead atoms. The first-order valence-corrected chi connectivity index (χ1v) is 9.15. The van der Waals surface area contributed by atoms with E-state index >= 15 is 0 Å². The van der Waals surface area contributed by atoms with Crippen LogP contribution in [0.4, 0.5) is 11.4 Å². The molecule has 29 heavy (non-hydrogen) atoms. The third kappa shape index (κ3) is 5.92. The molecule has 2 rings (SSSR count). The number of carbonyl (C=O) groups excluding carboxylic acids is 2. The van der Waals surface area contributed by atoms with E-state index in [9.17, 15) is 19.7 Å². The minimum atomic E-state index is -0.603. The largest absolute Gasteiger partial charge is 0.493 e. The highest BCUT2D eigenvalue weighted by molar-refractivity contribution is 9.10. The van der Waals surface area contributed by atoms with Gasteiger partial charge in [-0.05, 0) is 36.2 Å². The number of ether oxygens (including phenoxy) is 3. The molecule has 0 aromatic heterocycles. The Morgan fingerprint density at radius 2 is 1.79 bits per heavy atom. The normalized spacial score (nSPS) is 10.2. The molecule has 0 heterocycles. The maximum absolute atomic E-state index is 12.1. The van der Waals surface area contributed by atoms with Gasteiger partial charge in [0.25, 0.3) is 11.6 Å². The minimum Gasteiger partial charge on any atom is -0.493 e. The van der Waals surface area contributed by atoms with Crippen LogP contribution in [0.2, 0.25) is 0 Å². The highest BCUT2D eigenvalue weighted by Crippen LogP contribution is 2.33. The highest BCUT2D eigenvalue weighted by Gasteiger charge is 2.15. The lowest BCUT2D eigenvalue weighted by atomic mass is 10.1. The van der Waals surface area contributed by atoms with Gasteiger partial charge in [-0.25, -0.2) is 0 Å². The molecule has 0 radical (unpaired) electrons. The molecule has 0 saturated carbocycles. The summed E-state index contributed by atoms with van der Waals surface area (Å²) in [6.07, 6.45) is -0.0786. The van der Waals surface area contributed by atoms with Crippen molar-refractivity contribution in [2.75, 3.05) is 26.1 Å². The van der Waals surface area contributed by atoms with E-state index in [-0.39, 0.29) is 12.1 Å². The van der Waals surface area contributed by atoms with Gasteiger partial charge >= 0.3 is 5.97 Å². The number of rotatable bonds is 8. The Morgan fingerprint density at radius 1 is 1.14 bits per heavy atom. The lowest BCUT2D eigenvalue weighted by molar-refractivity contribution is -0.384. The van der Waals surface area contributed by atoms with Gasteiger partial charge < -0.3 is 19.5 Å². The maximum Gasteiger partial charge on any atom is 0.310 e. The van der Waals surface area contributed by atoms with Crippen molar-refractivity contribution in [1.82, 2.24) is 0 Å². The van der Waals surface area contributed by atoms with Crippen LogP contribution >= 0.6 is 15.9 Å². The number of halogens is 1. The molecule has 1 amide bonds. The van der Waals surface area contributed by atoms with Gasteiger partial charge in [-0.2, -0.15) is 0 Å². The number of esters is 1. The fraction of sp³-hybridized carbons (Fsp3) is 0.263. The Labute approximate surface area is 175 Å². The van der Waals surface area contributed by atoms with Crippen LogP contribution in [0.25, 0.3) is 0 Å². The number of amides is 1. The molecule has 0 aliphatic heterocycles. The van der Waals surface area contributed by atoms with Crippen molar-refractivity contribution in [2.45, 2.75) is 13.3 Å². The molecule has 0 aliphatic carbocycles. The third-order valence-corrected chi connectivity index (χ3v) is 4.68. The van der Waals surface area contributed by atoms with E-state index in [0.717, 1.165) is 0 Å². The third-order valence-electron chi connectivity index (χ3n) is 3.95. The summed E-state index contributed by atoms with van der Waals surface area (Å²) in [5.41, 5.74) is 1.46. The molecular weight excluding hydrogens is 448 g/mol. The number of methoxy groups -OCH3 is 2. The van der Waals surface area contributed by atoms with E-state index in [1.165, 1.54) is 32.4 Å². The van der Waals surface area contributed by atoms with Gasteiger partial charge in [0.05, 0.1) is 25.6 Å². The molecule has 154 valence electrons. The van der Waals surface area contributed by atoms with E-state index in [1.807, 2.05) is 0 Å². The lowest BCUT2D eigenvalue weighted by Crippen LogP contribution is -2.22. The summed E-state index contributed by atoms with van der Waals surface area (Å²) in [5.74, 6) is -0.186. The first kappa shape index (κ1) is 22.2. The SMILES string of the molecule is COc1cc(Br)c(CC(=O)OCC(=O)Nc2ccc([N+](=O)[O-])cc2C)cc1OC. The van der Waals surface area contributed by atoms with Crippen LogP contribution in [0.15, 0.2) is 34.8 Å². The summed E-state index contributed by atoms with van der Waals surface area (Å²) in [6.45, 7) is 1.14. The Bertz CT molecular complexity index is 946. The maximum atomic E-state index is 12.1. The molecule has 10 heteroatoms. The zero-order valence-corrected chi connectivity index (χ0v) is 17.6. The summed E-state index contributed by atoms with van der Waals surface area (Å²) < 4.78 is 16.0. The Balaban J connectivity index is 1.94. The average molecular weight is 467 g/mol. The second kappa shape index (κ2) is 9.87. The average Bonchev–Trinajstić information content (AvgIpc) is 2.68. The fourth-order valence-corrected chi connectivity index (χ4v) is 2.93. The van der Waals surface area contributed by atoms with Gasteiger partial charge in [0.2, 0.25) is 0 Å². The number of aryl methyl sites for hydroxylation is 1. The molecule has 1 N–H and O–H groups in total. The number of nitro benzene ring substituents is 1. The molecule has 0 spiro atoms. The summed E-state index contributed by atoms with van der Waals surface area (Å²) >= 11 is 3.36. The van der Waals surface area contributed by atoms with Crippen molar-refractivity contribution < 1.29 is 28.7 Å². The van der Waals surface area contributed by atoms with Crippen molar-refractivity contribution >= 4 is 39.2 Å². The van der Waals surface area contributed by atoms with Crippen molar-refractivity contribution in [1.29, 1.82) is 0 Å². The molecule has 0 unspecified atom stereocenters. The standard InChI is InChI=1S/C19H19BrN2O7/c1-11-6-13(22(25)26)4-5-15(11)21-18(23)10-29-19(24)8-12-7-16(27-2)17(28-3)9-14(12)20/h4-7,9H,8,10H2,1-3H3,(H,21,23). The Hall–Kier alpha value is -3.14. The smallest absolute Gasteiger partial charge is 0.310 e. The molecule has 2 aromatic carbocycles. The number of nitrogens with one attached hydrogen (secondary N) is 1. The van der Waals surface area contributed by atoms with Crippen molar-refractivity contribution in [2.24, 2.45) is 0 Å². The first-order valence-electron chi connectivity index (χ1n) is 8.36. The van der Waals surface area contributed by atoms with Crippen LogP contribution in [-0.4, -0.2) is 37.6 Å². The van der Waals surface area contributed by atoms with Crippen LogP contribution in [0.1, 0.15) is 11.1 Å². The first-order chi connectivity index (χ1) is 13.7. The van der Waals surface area contributed by atoms with Crippen LogP contribution in [0.5, 0.6) is 11.5 Å². The zero-order chi connectivity index (χ0) is 21.6. The second-order valence-electron chi connectivity index (χ2n) is 5.94. The number of carbonyl (C=O) groups is 2. The van der Waals surface area contributed by atoms with Crippen molar-refractivity contribution in [3.8, 4) is 11.5 Å². The van der Waals surface area contributed by atoms with Gasteiger partial charge in [0.1, 0.15) is 0 Å². The summed E-state index contributed by atoms with van der Waals surface area (Å²) in [5, 5.41) is 13.3. The van der Waals surface area contributed by atoms with Crippen LogP contribution in [-0.2, 0) is 20.7 Å². The van der Waals surface area contributed by atoms with Crippen molar-refractivity contribution in [3.63, 3.8) is 0 Å². The molecule has 9 nitrogen and oxygen atoms in total. The van der Waals surface area contributed by atoms with Gasteiger partial charge in [0.15, 0.2) is 18.1 Å².